The molecule has 2 rings (SSSR count). The van der Waals surface area contributed by atoms with E-state index in [1.165, 1.54) is 12.3 Å². The average Bonchev–Trinajstić information content (AvgIpc) is 2.20. The number of anilines is 1. The molecule has 76 valence electrons. The molecule has 0 fully saturated rings. The van der Waals surface area contributed by atoms with Crippen LogP contribution in [0.3, 0.4) is 0 Å². The van der Waals surface area contributed by atoms with Crippen molar-refractivity contribution in [3.05, 3.63) is 35.5 Å². The van der Waals surface area contributed by atoms with Gasteiger partial charge in [0.25, 0.3) is 0 Å². The summed E-state index contributed by atoms with van der Waals surface area (Å²) in [7, 11) is 0. The Balaban J connectivity index is 2.49. The molecule has 4 nitrogen and oxygen atoms in total. The third-order valence-corrected chi connectivity index (χ3v) is 1.98. The van der Waals surface area contributed by atoms with Gasteiger partial charge in [0.15, 0.2) is 11.6 Å². The second-order valence-electron chi connectivity index (χ2n) is 2.82. The van der Waals surface area contributed by atoms with Crippen LogP contribution in [0.5, 0.6) is 0 Å². The van der Waals surface area contributed by atoms with E-state index in [-0.39, 0.29) is 5.82 Å². The molecule has 0 amide bonds. The van der Waals surface area contributed by atoms with Gasteiger partial charge in [-0.05, 0) is 6.07 Å². The lowest BCUT2D eigenvalue weighted by atomic mass is 10.3. The van der Waals surface area contributed by atoms with Crippen LogP contribution in [0, 0.1) is 5.82 Å². The van der Waals surface area contributed by atoms with Gasteiger partial charge in [0, 0.05) is 0 Å². The SMILES string of the molecule is Nc1cnc(-c2ncc(F)cn2)c(Cl)c1. The zero-order valence-corrected chi connectivity index (χ0v) is 8.24. The molecular weight excluding hydrogens is 219 g/mol. The quantitative estimate of drug-likeness (QED) is 0.804. The van der Waals surface area contributed by atoms with Gasteiger partial charge < -0.3 is 5.73 Å². The lowest BCUT2D eigenvalue weighted by Gasteiger charge is -2.01. The number of aromatic nitrogens is 3. The largest absolute Gasteiger partial charge is 0.397 e. The van der Waals surface area contributed by atoms with Crippen LogP contribution in [0.2, 0.25) is 5.02 Å². The summed E-state index contributed by atoms with van der Waals surface area (Å²) < 4.78 is 12.6. The number of rotatable bonds is 1. The zero-order chi connectivity index (χ0) is 10.8. The Labute approximate surface area is 90.0 Å². The first-order chi connectivity index (χ1) is 7.16. The lowest BCUT2D eigenvalue weighted by Crippen LogP contribution is -1.95. The summed E-state index contributed by atoms with van der Waals surface area (Å²) in [6.45, 7) is 0. The third kappa shape index (κ3) is 2.02. The number of nitrogens with two attached hydrogens (primary N) is 1. The van der Waals surface area contributed by atoms with E-state index in [0.717, 1.165) is 12.4 Å². The van der Waals surface area contributed by atoms with Crippen molar-refractivity contribution in [3.63, 3.8) is 0 Å². The van der Waals surface area contributed by atoms with Crippen LogP contribution in [-0.2, 0) is 0 Å². The summed E-state index contributed by atoms with van der Waals surface area (Å²) in [6.07, 6.45) is 3.54. The smallest absolute Gasteiger partial charge is 0.179 e. The van der Waals surface area contributed by atoms with Crippen molar-refractivity contribution in [2.24, 2.45) is 0 Å². The minimum Gasteiger partial charge on any atom is -0.397 e. The van der Waals surface area contributed by atoms with Crippen molar-refractivity contribution in [3.8, 4) is 11.5 Å². The van der Waals surface area contributed by atoms with Crippen LogP contribution in [0.25, 0.3) is 11.5 Å². The topological polar surface area (TPSA) is 64.7 Å². The van der Waals surface area contributed by atoms with E-state index in [9.17, 15) is 4.39 Å². The fraction of sp³-hybridized carbons (Fsp3) is 0. The van der Waals surface area contributed by atoms with Gasteiger partial charge in [-0.25, -0.2) is 19.3 Å². The van der Waals surface area contributed by atoms with Crippen molar-refractivity contribution in [1.29, 1.82) is 0 Å². The Morgan fingerprint density at radius 1 is 1.13 bits per heavy atom. The molecular formula is C9H6ClFN4. The zero-order valence-electron chi connectivity index (χ0n) is 7.48. The monoisotopic (exact) mass is 224 g/mol. The van der Waals surface area contributed by atoms with Crippen LogP contribution in [-0.4, -0.2) is 15.0 Å². The van der Waals surface area contributed by atoms with Crippen LogP contribution >= 0.6 is 11.6 Å². The number of hydrogen-bond donors (Lipinski definition) is 1. The summed E-state index contributed by atoms with van der Waals surface area (Å²) >= 11 is 5.89. The minimum atomic E-state index is -0.509. The van der Waals surface area contributed by atoms with Gasteiger partial charge in [0.2, 0.25) is 0 Å². The summed E-state index contributed by atoms with van der Waals surface area (Å²) in [4.78, 5) is 11.5. The van der Waals surface area contributed by atoms with Gasteiger partial charge in [0.05, 0.1) is 29.3 Å². The van der Waals surface area contributed by atoms with E-state index in [2.05, 4.69) is 15.0 Å². The van der Waals surface area contributed by atoms with Crippen LogP contribution in [0.4, 0.5) is 10.1 Å². The molecule has 0 aliphatic rings. The molecule has 6 heteroatoms. The summed E-state index contributed by atoms with van der Waals surface area (Å²) in [5.41, 5.74) is 6.31. The average molecular weight is 225 g/mol. The van der Waals surface area contributed by atoms with E-state index in [4.69, 9.17) is 17.3 Å². The minimum absolute atomic E-state index is 0.265. The lowest BCUT2D eigenvalue weighted by molar-refractivity contribution is 0.614. The molecule has 0 atom stereocenters. The molecule has 2 aromatic rings. The van der Waals surface area contributed by atoms with E-state index < -0.39 is 5.82 Å². The summed E-state index contributed by atoms with van der Waals surface area (Å²) in [6, 6.07) is 1.54. The molecule has 2 heterocycles. The molecule has 2 N–H and O–H groups in total. The molecule has 0 saturated heterocycles. The first-order valence-corrected chi connectivity index (χ1v) is 4.43. The summed E-state index contributed by atoms with van der Waals surface area (Å²) in [5.74, 6) is -0.244. The second kappa shape index (κ2) is 3.78. The van der Waals surface area contributed by atoms with Crippen LogP contribution in [0.1, 0.15) is 0 Å². The number of pyridine rings is 1. The fourth-order valence-corrected chi connectivity index (χ4v) is 1.31. The Hall–Kier alpha value is -1.75. The Morgan fingerprint density at radius 3 is 2.40 bits per heavy atom. The highest BCUT2D eigenvalue weighted by molar-refractivity contribution is 6.33. The first kappa shape index (κ1) is 9.79. The van der Waals surface area contributed by atoms with Gasteiger partial charge in [0.1, 0.15) is 5.69 Å². The van der Waals surface area contributed by atoms with Gasteiger partial charge in [-0.2, -0.15) is 0 Å². The number of hydrogen-bond acceptors (Lipinski definition) is 4. The van der Waals surface area contributed by atoms with Gasteiger partial charge in [-0.15, -0.1) is 0 Å². The van der Waals surface area contributed by atoms with Crippen molar-refractivity contribution in [2.75, 3.05) is 5.73 Å². The third-order valence-electron chi connectivity index (χ3n) is 1.69. The highest BCUT2D eigenvalue weighted by Gasteiger charge is 2.08. The van der Waals surface area contributed by atoms with Gasteiger partial charge in [-0.1, -0.05) is 11.6 Å². The van der Waals surface area contributed by atoms with Crippen molar-refractivity contribution < 1.29 is 4.39 Å². The molecule has 0 saturated carbocycles. The van der Waals surface area contributed by atoms with E-state index in [1.807, 2.05) is 0 Å². The summed E-state index contributed by atoms with van der Waals surface area (Å²) in [5, 5.41) is 0.335. The maximum Gasteiger partial charge on any atom is 0.179 e. The highest BCUT2D eigenvalue weighted by atomic mass is 35.5. The number of nitrogen functional groups attached to an aromatic ring is 1. The maximum atomic E-state index is 12.6. The van der Waals surface area contributed by atoms with Crippen molar-refractivity contribution >= 4 is 17.3 Å². The Morgan fingerprint density at radius 2 is 1.80 bits per heavy atom. The van der Waals surface area contributed by atoms with Crippen LogP contribution < -0.4 is 5.73 Å². The van der Waals surface area contributed by atoms with E-state index >= 15 is 0 Å². The molecule has 0 spiro atoms. The number of halogens is 2. The standard InChI is InChI=1S/C9H6ClFN4/c10-7-1-6(12)4-13-8(7)9-14-2-5(11)3-15-9/h1-4H,12H2. The van der Waals surface area contributed by atoms with E-state index in [1.54, 1.807) is 0 Å². The molecule has 0 aliphatic carbocycles. The van der Waals surface area contributed by atoms with Crippen molar-refractivity contribution in [2.45, 2.75) is 0 Å². The normalized spacial score (nSPS) is 10.3. The first-order valence-electron chi connectivity index (χ1n) is 4.06. The van der Waals surface area contributed by atoms with E-state index in [0.29, 0.717) is 16.4 Å². The Kier molecular flexibility index (Phi) is 2.47. The predicted octanol–water partition coefficient (Wildman–Crippen LogP) is 1.91. The number of nitrogens with zero attached hydrogens (tertiary/aromatic N) is 3. The molecule has 0 unspecified atom stereocenters. The molecule has 0 radical (unpaired) electrons. The molecule has 0 bridgehead atoms. The fourth-order valence-electron chi connectivity index (χ4n) is 1.05. The van der Waals surface area contributed by atoms with Crippen LogP contribution in [0.15, 0.2) is 24.7 Å². The highest BCUT2D eigenvalue weighted by Crippen LogP contribution is 2.23. The molecule has 0 aromatic carbocycles. The molecule has 0 aliphatic heterocycles. The Bertz CT molecular complexity index is 486. The molecule has 15 heavy (non-hydrogen) atoms. The van der Waals surface area contributed by atoms with Crippen molar-refractivity contribution in [1.82, 2.24) is 15.0 Å². The van der Waals surface area contributed by atoms with Gasteiger partial charge in [-0.3, -0.25) is 0 Å². The van der Waals surface area contributed by atoms with Gasteiger partial charge >= 0.3 is 0 Å². The molecule has 2 aromatic heterocycles. The maximum absolute atomic E-state index is 12.6. The predicted molar refractivity (Wildman–Crippen MR) is 54.6 cm³/mol. The second-order valence-corrected chi connectivity index (χ2v) is 3.23.